The first-order valence-corrected chi connectivity index (χ1v) is 11.6. The maximum atomic E-state index is 12.2. The molecule has 6 heteroatoms. The highest BCUT2D eigenvalue weighted by molar-refractivity contribution is 7.92. The molecule has 2 rings (SSSR count). The monoisotopic (exact) mass is 380 g/mol. The Morgan fingerprint density at radius 3 is 2.54 bits per heavy atom. The molecule has 0 unspecified atom stereocenters. The quantitative estimate of drug-likeness (QED) is 0.713. The van der Waals surface area contributed by atoms with Gasteiger partial charge in [-0.3, -0.25) is 9.10 Å². The van der Waals surface area contributed by atoms with E-state index in [0.29, 0.717) is 25.3 Å². The third-order valence-electron chi connectivity index (χ3n) is 5.12. The largest absolute Gasteiger partial charge is 0.356 e. The van der Waals surface area contributed by atoms with Crippen molar-refractivity contribution in [3.05, 3.63) is 29.8 Å². The lowest BCUT2D eigenvalue weighted by Gasteiger charge is -2.25. The van der Waals surface area contributed by atoms with Crippen molar-refractivity contribution >= 4 is 21.6 Å². The van der Waals surface area contributed by atoms with Crippen molar-refractivity contribution in [1.82, 2.24) is 5.32 Å². The Labute approximate surface area is 158 Å². The molecular formula is C20H32N2O3S. The second-order valence-corrected chi connectivity index (χ2v) is 9.14. The predicted octanol–water partition coefficient (Wildman–Crippen LogP) is 3.49. The number of carbonyl (C=O) groups excluding carboxylic acids is 1. The van der Waals surface area contributed by atoms with Crippen molar-refractivity contribution in [1.29, 1.82) is 0 Å². The van der Waals surface area contributed by atoms with E-state index in [4.69, 9.17) is 0 Å². The number of sulfonamides is 1. The number of hydrogen-bond acceptors (Lipinski definition) is 3. The first-order valence-electron chi connectivity index (χ1n) is 9.74. The summed E-state index contributed by atoms with van der Waals surface area (Å²) in [4.78, 5) is 12.1. The van der Waals surface area contributed by atoms with Crippen molar-refractivity contribution < 1.29 is 13.2 Å². The van der Waals surface area contributed by atoms with Crippen molar-refractivity contribution in [3.8, 4) is 0 Å². The normalized spacial score (nSPS) is 15.6. The van der Waals surface area contributed by atoms with Gasteiger partial charge in [-0.05, 0) is 43.2 Å². The van der Waals surface area contributed by atoms with Crippen LogP contribution in [0.15, 0.2) is 24.3 Å². The van der Waals surface area contributed by atoms with E-state index in [2.05, 4.69) is 5.32 Å². The minimum absolute atomic E-state index is 0.0211. The summed E-state index contributed by atoms with van der Waals surface area (Å²) in [6.45, 7) is 3.10. The van der Waals surface area contributed by atoms with Crippen molar-refractivity contribution in [2.45, 2.75) is 58.3 Å². The number of nitrogens with zero attached hydrogens (tertiary/aromatic N) is 1. The number of hydrogen-bond donors (Lipinski definition) is 1. The van der Waals surface area contributed by atoms with E-state index < -0.39 is 10.0 Å². The number of anilines is 1. The lowest BCUT2D eigenvalue weighted by Crippen LogP contribution is -2.34. The van der Waals surface area contributed by atoms with Gasteiger partial charge in [0.05, 0.1) is 11.9 Å². The van der Waals surface area contributed by atoms with Crippen LogP contribution in [0.25, 0.3) is 0 Å². The Bertz CT molecular complexity index is 682. The summed E-state index contributed by atoms with van der Waals surface area (Å²) in [5, 5.41) is 3.02. The Hall–Kier alpha value is -1.56. The van der Waals surface area contributed by atoms with Gasteiger partial charge in [-0.2, -0.15) is 0 Å². The number of carbonyl (C=O) groups is 1. The summed E-state index contributed by atoms with van der Waals surface area (Å²) in [6, 6.07) is 7.55. The number of rotatable bonds is 9. The van der Waals surface area contributed by atoms with Crippen LogP contribution in [0, 0.1) is 5.92 Å². The van der Waals surface area contributed by atoms with Crippen LogP contribution in [0.1, 0.15) is 57.4 Å². The van der Waals surface area contributed by atoms with Gasteiger partial charge in [-0.1, -0.05) is 44.4 Å². The van der Waals surface area contributed by atoms with Crippen molar-refractivity contribution in [3.63, 3.8) is 0 Å². The standard InChI is InChI=1S/C20H32N2O3S/c1-3-18-12-7-8-13-19(18)22(26(2,24)25)15-9-14-20(23)21-16-17-10-5-4-6-11-17/h7-8,12-13,17H,3-6,9-11,14-16H2,1-2H3,(H,21,23). The van der Waals surface area contributed by atoms with Gasteiger partial charge >= 0.3 is 0 Å². The molecule has 0 heterocycles. The average molecular weight is 381 g/mol. The average Bonchev–Trinajstić information content (AvgIpc) is 2.63. The van der Waals surface area contributed by atoms with Gasteiger partial charge < -0.3 is 5.32 Å². The fourth-order valence-electron chi connectivity index (χ4n) is 3.64. The van der Waals surface area contributed by atoms with Gasteiger partial charge in [0.2, 0.25) is 15.9 Å². The second-order valence-electron chi connectivity index (χ2n) is 7.23. The molecule has 1 N–H and O–H groups in total. The number of para-hydroxylation sites is 1. The van der Waals surface area contributed by atoms with Crippen molar-refractivity contribution in [2.24, 2.45) is 5.92 Å². The summed E-state index contributed by atoms with van der Waals surface area (Å²) < 4.78 is 25.9. The number of benzene rings is 1. The Morgan fingerprint density at radius 2 is 1.88 bits per heavy atom. The molecule has 1 fully saturated rings. The maximum Gasteiger partial charge on any atom is 0.232 e. The molecule has 0 aliphatic heterocycles. The molecule has 0 bridgehead atoms. The predicted molar refractivity (Wildman–Crippen MR) is 107 cm³/mol. The van der Waals surface area contributed by atoms with Gasteiger partial charge in [0.15, 0.2) is 0 Å². The fraction of sp³-hybridized carbons (Fsp3) is 0.650. The van der Waals surface area contributed by atoms with Crippen LogP contribution in [0.4, 0.5) is 5.69 Å². The molecule has 1 amide bonds. The molecule has 0 spiro atoms. The lowest BCUT2D eigenvalue weighted by atomic mass is 9.89. The molecule has 1 aliphatic carbocycles. The smallest absolute Gasteiger partial charge is 0.232 e. The molecule has 1 saturated carbocycles. The molecule has 1 aliphatic rings. The second kappa shape index (κ2) is 9.95. The van der Waals surface area contributed by atoms with Crippen LogP contribution in [-0.4, -0.2) is 33.7 Å². The molecule has 0 atom stereocenters. The van der Waals surface area contributed by atoms with E-state index in [0.717, 1.165) is 24.2 Å². The van der Waals surface area contributed by atoms with E-state index in [1.54, 1.807) is 0 Å². The minimum Gasteiger partial charge on any atom is -0.356 e. The molecule has 1 aromatic carbocycles. The van der Waals surface area contributed by atoms with Crippen LogP contribution in [0.5, 0.6) is 0 Å². The summed E-state index contributed by atoms with van der Waals surface area (Å²) in [5.41, 5.74) is 1.72. The zero-order valence-electron chi connectivity index (χ0n) is 16.0. The fourth-order valence-corrected chi connectivity index (χ4v) is 4.64. The van der Waals surface area contributed by atoms with Crippen LogP contribution >= 0.6 is 0 Å². The number of nitrogens with one attached hydrogen (secondary N) is 1. The molecule has 5 nitrogen and oxygen atoms in total. The third-order valence-corrected chi connectivity index (χ3v) is 6.30. The first kappa shape index (κ1) is 20.7. The SMILES string of the molecule is CCc1ccccc1N(CCCC(=O)NCC1CCCCC1)S(C)(=O)=O. The molecular weight excluding hydrogens is 348 g/mol. The Morgan fingerprint density at radius 1 is 1.19 bits per heavy atom. The van der Waals surface area contributed by atoms with Gasteiger partial charge in [-0.15, -0.1) is 0 Å². The molecule has 146 valence electrons. The van der Waals surface area contributed by atoms with Crippen LogP contribution in [0.3, 0.4) is 0 Å². The van der Waals surface area contributed by atoms with Gasteiger partial charge in [0.25, 0.3) is 0 Å². The van der Waals surface area contributed by atoms with Crippen LogP contribution in [-0.2, 0) is 21.2 Å². The van der Waals surface area contributed by atoms with Crippen LogP contribution < -0.4 is 9.62 Å². The highest BCUT2D eigenvalue weighted by Crippen LogP contribution is 2.24. The molecule has 0 aromatic heterocycles. The zero-order valence-corrected chi connectivity index (χ0v) is 16.9. The minimum atomic E-state index is -3.38. The molecule has 0 saturated heterocycles. The van der Waals surface area contributed by atoms with Crippen LogP contribution in [0.2, 0.25) is 0 Å². The third kappa shape index (κ3) is 6.31. The zero-order chi connectivity index (χ0) is 19.0. The van der Waals surface area contributed by atoms with E-state index in [-0.39, 0.29) is 5.91 Å². The topological polar surface area (TPSA) is 66.5 Å². The van der Waals surface area contributed by atoms with Gasteiger partial charge in [0.1, 0.15) is 0 Å². The lowest BCUT2D eigenvalue weighted by molar-refractivity contribution is -0.121. The molecule has 0 radical (unpaired) electrons. The first-order chi connectivity index (χ1) is 12.4. The Kier molecular flexibility index (Phi) is 7.94. The molecule has 1 aromatic rings. The highest BCUT2D eigenvalue weighted by Gasteiger charge is 2.20. The maximum absolute atomic E-state index is 12.2. The van der Waals surface area contributed by atoms with E-state index in [1.807, 2.05) is 31.2 Å². The Balaban J connectivity index is 1.86. The van der Waals surface area contributed by atoms with E-state index >= 15 is 0 Å². The summed E-state index contributed by atoms with van der Waals surface area (Å²) in [6.07, 6.45) is 9.11. The summed E-state index contributed by atoms with van der Waals surface area (Å²) in [5.74, 6) is 0.629. The summed E-state index contributed by atoms with van der Waals surface area (Å²) >= 11 is 0. The van der Waals surface area contributed by atoms with Gasteiger partial charge in [0, 0.05) is 19.5 Å². The highest BCUT2D eigenvalue weighted by atomic mass is 32.2. The number of amides is 1. The van der Waals surface area contributed by atoms with E-state index in [9.17, 15) is 13.2 Å². The van der Waals surface area contributed by atoms with Crippen molar-refractivity contribution in [2.75, 3.05) is 23.7 Å². The van der Waals surface area contributed by atoms with E-state index in [1.165, 1.54) is 42.7 Å². The number of aryl methyl sites for hydroxylation is 1. The van der Waals surface area contributed by atoms with Gasteiger partial charge in [-0.25, -0.2) is 8.42 Å². The summed E-state index contributed by atoms with van der Waals surface area (Å²) in [7, 11) is -3.38. The molecule has 26 heavy (non-hydrogen) atoms.